The van der Waals surface area contributed by atoms with Gasteiger partial charge in [-0.05, 0) is 17.5 Å². The summed E-state index contributed by atoms with van der Waals surface area (Å²) >= 11 is 1.52. The number of nitrogens with one attached hydrogen (secondary N) is 1. The lowest BCUT2D eigenvalue weighted by Crippen LogP contribution is -2.36. The summed E-state index contributed by atoms with van der Waals surface area (Å²) in [5.41, 5.74) is -0.154. The van der Waals surface area contributed by atoms with E-state index in [2.05, 4.69) is 5.32 Å². The Labute approximate surface area is 119 Å². The number of aromatic nitrogens is 1. The van der Waals surface area contributed by atoms with Gasteiger partial charge in [-0.15, -0.1) is 11.3 Å². The standard InChI is InChI=1S/C13H12N2O4S/c16-12(14-8-10-4-3-7-20-10)9-19-13(17)11-5-1-2-6-15(11)18/h1-7H,8-9H2,(H,14,16). The van der Waals surface area contributed by atoms with E-state index in [9.17, 15) is 14.8 Å². The van der Waals surface area contributed by atoms with E-state index in [0.717, 1.165) is 4.88 Å². The van der Waals surface area contributed by atoms with Gasteiger partial charge in [-0.1, -0.05) is 6.07 Å². The molecule has 1 amide bonds. The number of carbonyl (C=O) groups excluding carboxylic acids is 2. The van der Waals surface area contributed by atoms with Gasteiger partial charge < -0.3 is 15.3 Å². The Balaban J connectivity index is 1.78. The van der Waals surface area contributed by atoms with E-state index in [-0.39, 0.29) is 5.69 Å². The molecule has 20 heavy (non-hydrogen) atoms. The third-order valence-corrected chi connectivity index (χ3v) is 3.28. The van der Waals surface area contributed by atoms with Crippen molar-refractivity contribution in [2.75, 3.05) is 6.61 Å². The van der Waals surface area contributed by atoms with Gasteiger partial charge in [0, 0.05) is 17.0 Å². The van der Waals surface area contributed by atoms with Crippen molar-refractivity contribution in [1.29, 1.82) is 0 Å². The van der Waals surface area contributed by atoms with E-state index in [0.29, 0.717) is 11.3 Å². The summed E-state index contributed by atoms with van der Waals surface area (Å²) in [6.07, 6.45) is 1.19. The Morgan fingerprint density at radius 3 is 2.85 bits per heavy atom. The van der Waals surface area contributed by atoms with Crippen molar-refractivity contribution >= 4 is 23.2 Å². The number of carbonyl (C=O) groups is 2. The molecule has 2 rings (SSSR count). The Morgan fingerprint density at radius 2 is 2.15 bits per heavy atom. The number of nitrogens with zero attached hydrogens (tertiary/aromatic N) is 1. The van der Waals surface area contributed by atoms with Crippen LogP contribution in [-0.2, 0) is 16.1 Å². The Kier molecular flexibility index (Phi) is 4.67. The molecular formula is C13H12N2O4S. The Morgan fingerprint density at radius 1 is 1.30 bits per heavy atom. The first-order valence-electron chi connectivity index (χ1n) is 5.81. The minimum atomic E-state index is -0.827. The number of hydrogen-bond acceptors (Lipinski definition) is 5. The number of amides is 1. The van der Waals surface area contributed by atoms with Crippen molar-refractivity contribution < 1.29 is 19.1 Å². The van der Waals surface area contributed by atoms with E-state index in [1.54, 1.807) is 6.07 Å². The zero-order valence-corrected chi connectivity index (χ0v) is 11.3. The molecule has 0 aliphatic rings. The van der Waals surface area contributed by atoms with E-state index in [1.807, 2.05) is 17.5 Å². The lowest BCUT2D eigenvalue weighted by atomic mass is 10.3. The van der Waals surface area contributed by atoms with Crippen LogP contribution < -0.4 is 10.0 Å². The average molecular weight is 292 g/mol. The van der Waals surface area contributed by atoms with Crippen LogP contribution in [0.1, 0.15) is 15.4 Å². The molecule has 0 bridgehead atoms. The van der Waals surface area contributed by atoms with Gasteiger partial charge in [-0.2, -0.15) is 4.73 Å². The van der Waals surface area contributed by atoms with Gasteiger partial charge in [0.1, 0.15) is 0 Å². The van der Waals surface area contributed by atoms with Crippen molar-refractivity contribution in [2.24, 2.45) is 0 Å². The van der Waals surface area contributed by atoms with Crippen LogP contribution in [-0.4, -0.2) is 18.5 Å². The third kappa shape index (κ3) is 3.79. The van der Waals surface area contributed by atoms with Crippen LogP contribution in [0.3, 0.4) is 0 Å². The second-order valence-electron chi connectivity index (χ2n) is 3.84. The van der Waals surface area contributed by atoms with Gasteiger partial charge in [-0.25, -0.2) is 4.79 Å². The summed E-state index contributed by atoms with van der Waals surface area (Å²) in [5.74, 6) is -1.24. The molecule has 0 unspecified atom stereocenters. The smallest absolute Gasteiger partial charge is 0.405 e. The van der Waals surface area contributed by atoms with Crippen LogP contribution in [0.2, 0.25) is 0 Å². The number of rotatable bonds is 5. The zero-order valence-electron chi connectivity index (χ0n) is 10.4. The molecule has 7 heteroatoms. The summed E-state index contributed by atoms with van der Waals surface area (Å²) in [6.45, 7) is -0.0277. The SMILES string of the molecule is O=C(COC(=O)c1cccc[n+]1[O-])NCc1cccs1. The molecule has 0 spiro atoms. The van der Waals surface area contributed by atoms with E-state index in [1.165, 1.54) is 29.7 Å². The molecule has 0 aromatic carbocycles. The maximum absolute atomic E-state index is 11.6. The molecule has 2 aromatic rings. The van der Waals surface area contributed by atoms with Crippen molar-refractivity contribution in [3.05, 3.63) is 57.7 Å². The van der Waals surface area contributed by atoms with Gasteiger partial charge in [0.2, 0.25) is 0 Å². The van der Waals surface area contributed by atoms with E-state index >= 15 is 0 Å². The molecule has 104 valence electrons. The molecule has 0 aliphatic heterocycles. The van der Waals surface area contributed by atoms with Gasteiger partial charge in [-0.3, -0.25) is 4.79 Å². The molecule has 0 fully saturated rings. The fraction of sp³-hybridized carbons (Fsp3) is 0.154. The summed E-state index contributed by atoms with van der Waals surface area (Å²) in [6, 6.07) is 8.15. The van der Waals surface area contributed by atoms with Gasteiger partial charge >= 0.3 is 11.7 Å². The second-order valence-corrected chi connectivity index (χ2v) is 4.88. The number of ether oxygens (including phenoxy) is 1. The maximum atomic E-state index is 11.6. The minimum Gasteiger partial charge on any atom is -0.618 e. The quantitative estimate of drug-likeness (QED) is 0.503. The van der Waals surface area contributed by atoms with E-state index in [4.69, 9.17) is 4.74 Å². The number of thiophene rings is 1. The average Bonchev–Trinajstić information content (AvgIpc) is 2.96. The molecule has 2 aromatic heterocycles. The molecule has 0 radical (unpaired) electrons. The van der Waals surface area contributed by atoms with Crippen LogP contribution in [0.5, 0.6) is 0 Å². The van der Waals surface area contributed by atoms with Gasteiger partial charge in [0.15, 0.2) is 12.8 Å². The maximum Gasteiger partial charge on any atom is 0.405 e. The zero-order chi connectivity index (χ0) is 14.4. The molecule has 0 saturated carbocycles. The number of hydrogen-bond donors (Lipinski definition) is 1. The predicted octanol–water partition coefficient (Wildman–Crippen LogP) is 0.855. The first-order chi connectivity index (χ1) is 9.66. The lowest BCUT2D eigenvalue weighted by molar-refractivity contribution is -0.608. The molecule has 1 N–H and O–H groups in total. The largest absolute Gasteiger partial charge is 0.618 e. The lowest BCUT2D eigenvalue weighted by Gasteiger charge is -2.05. The normalized spacial score (nSPS) is 10.0. The molecular weight excluding hydrogens is 280 g/mol. The van der Waals surface area contributed by atoms with Crippen molar-refractivity contribution in [2.45, 2.75) is 6.54 Å². The molecule has 2 heterocycles. The highest BCUT2D eigenvalue weighted by atomic mass is 32.1. The fourth-order valence-corrected chi connectivity index (χ4v) is 2.09. The van der Waals surface area contributed by atoms with Crippen LogP contribution in [0.25, 0.3) is 0 Å². The summed E-state index contributed by atoms with van der Waals surface area (Å²) < 4.78 is 5.17. The monoisotopic (exact) mass is 292 g/mol. The van der Waals surface area contributed by atoms with Gasteiger partial charge in [0.05, 0.1) is 6.54 Å². The minimum absolute atomic E-state index is 0.154. The number of pyridine rings is 1. The molecule has 0 aliphatic carbocycles. The highest BCUT2D eigenvalue weighted by Crippen LogP contribution is 2.07. The fourth-order valence-electron chi connectivity index (χ4n) is 1.44. The first kappa shape index (κ1) is 14.0. The van der Waals surface area contributed by atoms with Crippen LogP contribution >= 0.6 is 11.3 Å². The second kappa shape index (κ2) is 6.67. The topological polar surface area (TPSA) is 82.3 Å². The Bertz CT molecular complexity index is 598. The van der Waals surface area contributed by atoms with Crippen LogP contribution in [0.15, 0.2) is 41.9 Å². The molecule has 0 atom stereocenters. The highest BCUT2D eigenvalue weighted by Gasteiger charge is 2.17. The van der Waals surface area contributed by atoms with Gasteiger partial charge in [0.25, 0.3) is 5.91 Å². The summed E-state index contributed by atoms with van der Waals surface area (Å²) in [4.78, 5) is 24.1. The molecule has 0 saturated heterocycles. The van der Waals surface area contributed by atoms with Crippen molar-refractivity contribution in [3.63, 3.8) is 0 Å². The Hall–Kier alpha value is -2.41. The van der Waals surface area contributed by atoms with Crippen molar-refractivity contribution in [1.82, 2.24) is 5.32 Å². The first-order valence-corrected chi connectivity index (χ1v) is 6.69. The third-order valence-electron chi connectivity index (χ3n) is 2.41. The van der Waals surface area contributed by atoms with E-state index < -0.39 is 18.5 Å². The molecule has 6 nitrogen and oxygen atoms in total. The summed E-state index contributed by atoms with van der Waals surface area (Å²) in [5, 5.41) is 15.8. The van der Waals surface area contributed by atoms with Crippen LogP contribution in [0.4, 0.5) is 0 Å². The number of esters is 1. The highest BCUT2D eigenvalue weighted by molar-refractivity contribution is 7.09. The van der Waals surface area contributed by atoms with Crippen LogP contribution in [0, 0.1) is 5.21 Å². The van der Waals surface area contributed by atoms with Crippen molar-refractivity contribution in [3.8, 4) is 0 Å². The predicted molar refractivity (Wildman–Crippen MR) is 71.9 cm³/mol. The summed E-state index contributed by atoms with van der Waals surface area (Å²) in [7, 11) is 0.